The van der Waals surface area contributed by atoms with E-state index >= 15 is 0 Å². The van der Waals surface area contributed by atoms with Crippen molar-refractivity contribution in [1.82, 2.24) is 9.97 Å². The maximum atomic E-state index is 14.3. The summed E-state index contributed by atoms with van der Waals surface area (Å²) < 4.78 is 19.5. The van der Waals surface area contributed by atoms with E-state index < -0.39 is 11.4 Å². The number of pyridine rings is 2. The number of amides is 1. The highest BCUT2D eigenvalue weighted by Gasteiger charge is 2.23. The molecule has 9 heteroatoms. The first-order chi connectivity index (χ1) is 13.5. The van der Waals surface area contributed by atoms with E-state index in [1.165, 1.54) is 31.4 Å². The Morgan fingerprint density at radius 1 is 1.18 bits per heavy atom. The Balaban J connectivity index is 1.82. The number of ether oxygens (including phenoxy) is 1. The quantitative estimate of drug-likeness (QED) is 0.623. The van der Waals surface area contributed by atoms with Crippen molar-refractivity contribution in [3.63, 3.8) is 0 Å². The van der Waals surface area contributed by atoms with Gasteiger partial charge in [0.25, 0.3) is 5.56 Å². The van der Waals surface area contributed by atoms with Gasteiger partial charge in [-0.25, -0.2) is 9.37 Å². The Morgan fingerprint density at radius 3 is 2.79 bits per heavy atom. The van der Waals surface area contributed by atoms with Crippen molar-refractivity contribution in [1.29, 1.82) is 0 Å². The van der Waals surface area contributed by atoms with Crippen molar-refractivity contribution >= 4 is 34.7 Å². The zero-order chi connectivity index (χ0) is 19.8. The van der Waals surface area contributed by atoms with Crippen LogP contribution < -0.4 is 20.9 Å². The minimum absolute atomic E-state index is 0.0660. The number of nitrogens with one attached hydrogen (secondary N) is 3. The molecule has 1 aliphatic rings. The van der Waals surface area contributed by atoms with Gasteiger partial charge in [0.1, 0.15) is 17.3 Å². The number of methoxy groups -OCH3 is 1. The SMILES string of the molecule is COc1[nH]c(=O)c(-c2cc(Cl)ccc2F)cc1Nc1ccnc2c1CC(=O)N2. The predicted molar refractivity (Wildman–Crippen MR) is 104 cm³/mol. The van der Waals surface area contributed by atoms with E-state index in [1.54, 1.807) is 12.3 Å². The molecule has 0 atom stereocenters. The number of rotatable bonds is 4. The van der Waals surface area contributed by atoms with Crippen LogP contribution in [0.4, 0.5) is 21.6 Å². The molecule has 1 amide bonds. The summed E-state index contributed by atoms with van der Waals surface area (Å²) in [5.41, 5.74) is 1.33. The average Bonchev–Trinajstić information content (AvgIpc) is 3.06. The van der Waals surface area contributed by atoms with Crippen LogP contribution in [0.5, 0.6) is 5.88 Å². The summed E-state index contributed by atoms with van der Waals surface area (Å²) in [6.45, 7) is 0. The molecule has 1 aliphatic heterocycles. The molecule has 0 unspecified atom stereocenters. The van der Waals surface area contributed by atoms with Crippen molar-refractivity contribution < 1.29 is 13.9 Å². The van der Waals surface area contributed by atoms with Crippen LogP contribution in [0.3, 0.4) is 0 Å². The van der Waals surface area contributed by atoms with Crippen LogP contribution in [-0.4, -0.2) is 23.0 Å². The number of H-pyrrole nitrogens is 1. The Morgan fingerprint density at radius 2 is 2.00 bits per heavy atom. The number of hydrogen-bond donors (Lipinski definition) is 3. The summed E-state index contributed by atoms with van der Waals surface area (Å²) in [5, 5.41) is 6.11. The summed E-state index contributed by atoms with van der Waals surface area (Å²) in [6, 6.07) is 7.15. The number of carbonyl (C=O) groups excluding carboxylic acids is 1. The van der Waals surface area contributed by atoms with E-state index in [2.05, 4.69) is 20.6 Å². The first-order valence-corrected chi connectivity index (χ1v) is 8.65. The van der Waals surface area contributed by atoms with Crippen LogP contribution in [0.2, 0.25) is 5.02 Å². The summed E-state index contributed by atoms with van der Waals surface area (Å²) in [5.74, 6) is -0.101. The number of nitrogens with zero attached hydrogens (tertiary/aromatic N) is 1. The molecule has 1 aromatic carbocycles. The highest BCUT2D eigenvalue weighted by molar-refractivity contribution is 6.30. The average molecular weight is 401 g/mol. The van der Waals surface area contributed by atoms with E-state index in [0.29, 0.717) is 27.8 Å². The van der Waals surface area contributed by atoms with Gasteiger partial charge in [0.2, 0.25) is 11.8 Å². The number of aromatic amines is 1. The monoisotopic (exact) mass is 400 g/mol. The highest BCUT2D eigenvalue weighted by Crippen LogP contribution is 2.34. The van der Waals surface area contributed by atoms with Crippen molar-refractivity contribution in [3.05, 3.63) is 63.3 Å². The second-order valence-electron chi connectivity index (χ2n) is 6.12. The molecule has 7 nitrogen and oxygen atoms in total. The minimum Gasteiger partial charge on any atom is -0.481 e. The molecule has 2 aromatic heterocycles. The Kier molecular flexibility index (Phi) is 4.48. The van der Waals surface area contributed by atoms with Gasteiger partial charge in [-0.05, 0) is 30.3 Å². The first kappa shape index (κ1) is 18.0. The van der Waals surface area contributed by atoms with Gasteiger partial charge in [-0.3, -0.25) is 14.6 Å². The van der Waals surface area contributed by atoms with E-state index in [0.717, 1.165) is 0 Å². The number of aromatic nitrogens is 2. The summed E-state index contributed by atoms with van der Waals surface area (Å²) >= 11 is 5.96. The molecule has 0 saturated carbocycles. The largest absolute Gasteiger partial charge is 0.481 e. The molecule has 0 radical (unpaired) electrons. The maximum absolute atomic E-state index is 14.3. The van der Waals surface area contributed by atoms with Crippen LogP contribution in [0.25, 0.3) is 11.1 Å². The van der Waals surface area contributed by atoms with Crippen molar-refractivity contribution in [3.8, 4) is 17.0 Å². The topological polar surface area (TPSA) is 96.1 Å². The Bertz CT molecular complexity index is 1160. The van der Waals surface area contributed by atoms with Gasteiger partial charge in [-0.2, -0.15) is 0 Å². The molecule has 4 rings (SSSR count). The summed E-state index contributed by atoms with van der Waals surface area (Å²) in [6.07, 6.45) is 1.72. The molecule has 3 aromatic rings. The maximum Gasteiger partial charge on any atom is 0.258 e. The Hall–Kier alpha value is -3.39. The lowest BCUT2D eigenvalue weighted by atomic mass is 10.1. The molecule has 142 valence electrons. The van der Waals surface area contributed by atoms with Crippen molar-refractivity contribution in [2.75, 3.05) is 17.7 Å². The van der Waals surface area contributed by atoms with E-state index in [4.69, 9.17) is 16.3 Å². The third kappa shape index (κ3) is 3.18. The van der Waals surface area contributed by atoms with Crippen LogP contribution >= 0.6 is 11.6 Å². The minimum atomic E-state index is -0.578. The molecule has 0 aliphatic carbocycles. The standard InChI is InChI=1S/C19H14ClFN4O3/c1-28-19-15(23-14-4-5-22-17-12(14)8-16(26)24-17)7-11(18(27)25-19)10-6-9(20)2-3-13(10)21/h2-7H,8H2,1H3,(H,25,27)(H2,22,23,24,26). The zero-order valence-electron chi connectivity index (χ0n) is 14.6. The number of benzene rings is 1. The molecule has 0 bridgehead atoms. The number of fused-ring (bicyclic) bond motifs is 1. The molecule has 0 spiro atoms. The molecular weight excluding hydrogens is 387 g/mol. The number of hydrogen-bond acceptors (Lipinski definition) is 5. The number of carbonyl (C=O) groups is 1. The second-order valence-corrected chi connectivity index (χ2v) is 6.56. The van der Waals surface area contributed by atoms with Crippen molar-refractivity contribution in [2.45, 2.75) is 6.42 Å². The Labute approximate surface area is 163 Å². The third-order valence-electron chi connectivity index (χ3n) is 4.35. The molecule has 3 heterocycles. The van der Waals surface area contributed by atoms with E-state index in [1.807, 2.05) is 0 Å². The van der Waals surface area contributed by atoms with Crippen LogP contribution in [0.15, 0.2) is 41.3 Å². The lowest BCUT2D eigenvalue weighted by Gasteiger charge is -2.14. The van der Waals surface area contributed by atoms with E-state index in [9.17, 15) is 14.0 Å². The summed E-state index contributed by atoms with van der Waals surface area (Å²) in [4.78, 5) is 30.9. The van der Waals surface area contributed by atoms with Crippen LogP contribution in [0, 0.1) is 5.82 Å². The third-order valence-corrected chi connectivity index (χ3v) is 4.58. The fourth-order valence-electron chi connectivity index (χ4n) is 3.05. The fraction of sp³-hybridized carbons (Fsp3) is 0.105. The molecule has 0 fully saturated rings. The first-order valence-electron chi connectivity index (χ1n) is 8.27. The van der Waals surface area contributed by atoms with Gasteiger partial charge in [0, 0.05) is 28.0 Å². The lowest BCUT2D eigenvalue weighted by molar-refractivity contribution is -0.115. The van der Waals surface area contributed by atoms with Gasteiger partial charge >= 0.3 is 0 Å². The van der Waals surface area contributed by atoms with Gasteiger partial charge in [-0.1, -0.05) is 11.6 Å². The number of halogens is 2. The highest BCUT2D eigenvalue weighted by atomic mass is 35.5. The van der Waals surface area contributed by atoms with Crippen LogP contribution in [-0.2, 0) is 11.2 Å². The van der Waals surface area contributed by atoms with E-state index in [-0.39, 0.29) is 29.3 Å². The van der Waals surface area contributed by atoms with Gasteiger partial charge < -0.3 is 15.4 Å². The molecule has 0 saturated heterocycles. The summed E-state index contributed by atoms with van der Waals surface area (Å²) in [7, 11) is 1.40. The normalized spacial score (nSPS) is 12.5. The smallest absolute Gasteiger partial charge is 0.258 e. The van der Waals surface area contributed by atoms with Gasteiger partial charge in [-0.15, -0.1) is 0 Å². The van der Waals surface area contributed by atoms with Crippen molar-refractivity contribution in [2.24, 2.45) is 0 Å². The number of anilines is 3. The molecule has 3 N–H and O–H groups in total. The van der Waals surface area contributed by atoms with Gasteiger partial charge in [0.15, 0.2) is 0 Å². The molecular formula is C19H14ClFN4O3. The van der Waals surface area contributed by atoms with Crippen LogP contribution in [0.1, 0.15) is 5.56 Å². The van der Waals surface area contributed by atoms with Gasteiger partial charge in [0.05, 0.1) is 19.1 Å². The fourth-order valence-corrected chi connectivity index (χ4v) is 3.22. The molecule has 28 heavy (non-hydrogen) atoms. The lowest BCUT2D eigenvalue weighted by Crippen LogP contribution is -2.13. The zero-order valence-corrected chi connectivity index (χ0v) is 15.4. The second kappa shape index (κ2) is 6.97. The predicted octanol–water partition coefficient (Wildman–Crippen LogP) is 3.48.